The second-order valence-electron chi connectivity index (χ2n) is 8.92. The van der Waals surface area contributed by atoms with E-state index < -0.39 is 11.6 Å². The van der Waals surface area contributed by atoms with Crippen molar-refractivity contribution >= 4 is 22.8 Å². The summed E-state index contributed by atoms with van der Waals surface area (Å²) in [5.74, 6) is -1.10. The number of carbonyl (C=O) groups excluding carboxylic acids is 2. The molecule has 0 fully saturated rings. The fourth-order valence-corrected chi connectivity index (χ4v) is 5.08. The summed E-state index contributed by atoms with van der Waals surface area (Å²) in [6, 6.07) is 7.75. The van der Waals surface area contributed by atoms with Crippen LogP contribution >= 0.6 is 0 Å². The van der Waals surface area contributed by atoms with Crippen LogP contribution < -0.4 is 11.3 Å². The Morgan fingerprint density at radius 1 is 1.26 bits per heavy atom. The van der Waals surface area contributed by atoms with Gasteiger partial charge in [-0.05, 0) is 42.5 Å². The molecular formula is C26H27N3O6. The van der Waals surface area contributed by atoms with Crippen LogP contribution in [0.4, 0.5) is 0 Å². The summed E-state index contributed by atoms with van der Waals surface area (Å²) >= 11 is 0. The van der Waals surface area contributed by atoms with Gasteiger partial charge in [0.25, 0.3) is 5.56 Å². The average molecular weight is 478 g/mol. The van der Waals surface area contributed by atoms with Gasteiger partial charge >= 0.3 is 11.9 Å². The number of esters is 2. The van der Waals surface area contributed by atoms with Crippen molar-refractivity contribution in [2.24, 2.45) is 5.73 Å². The maximum atomic E-state index is 13.4. The molecular weight excluding hydrogens is 450 g/mol. The standard InChI is InChI=1S/C26H27N3O6/c1-3-14-5-6-15(7-8-21(30)35-13-27)17-9-16-11-29-20(23(16)28-22(14)17)10-19-18(24(29)31)12-34-25(32)26(19,33)4-2/h5-6,9-10,33H,3-4,7-8,11-13,27H2,1-2H3/t26-/m0/s1. The second kappa shape index (κ2) is 8.58. The molecule has 2 aliphatic heterocycles. The molecule has 0 radical (unpaired) electrons. The van der Waals surface area contributed by atoms with E-state index in [1.807, 2.05) is 25.1 Å². The quantitative estimate of drug-likeness (QED) is 0.318. The minimum absolute atomic E-state index is 0.0929. The number of aryl methyl sites for hydroxylation is 2. The molecule has 5 rings (SSSR count). The van der Waals surface area contributed by atoms with Crippen molar-refractivity contribution in [3.05, 3.63) is 62.4 Å². The lowest BCUT2D eigenvalue weighted by atomic mass is 9.86. The molecule has 0 spiro atoms. The number of aromatic nitrogens is 2. The Morgan fingerprint density at radius 2 is 2.03 bits per heavy atom. The van der Waals surface area contributed by atoms with Gasteiger partial charge in [0.05, 0.1) is 29.0 Å². The normalized spacial score (nSPS) is 18.1. The highest BCUT2D eigenvalue weighted by Gasteiger charge is 2.45. The maximum absolute atomic E-state index is 13.4. The van der Waals surface area contributed by atoms with Crippen LogP contribution in [0, 0.1) is 0 Å². The first-order chi connectivity index (χ1) is 16.8. The van der Waals surface area contributed by atoms with E-state index in [2.05, 4.69) is 0 Å². The second-order valence-corrected chi connectivity index (χ2v) is 8.92. The Morgan fingerprint density at radius 3 is 2.74 bits per heavy atom. The first kappa shape index (κ1) is 23.2. The molecule has 0 saturated heterocycles. The van der Waals surface area contributed by atoms with Crippen LogP contribution in [0.5, 0.6) is 0 Å². The number of hydrogen-bond donors (Lipinski definition) is 2. The molecule has 0 saturated carbocycles. The van der Waals surface area contributed by atoms with Crippen molar-refractivity contribution in [3.8, 4) is 11.4 Å². The van der Waals surface area contributed by atoms with E-state index in [1.165, 1.54) is 0 Å². The number of cyclic esters (lactones) is 1. The smallest absolute Gasteiger partial charge is 0.343 e. The van der Waals surface area contributed by atoms with E-state index >= 15 is 0 Å². The summed E-state index contributed by atoms with van der Waals surface area (Å²) in [7, 11) is 0. The number of fused-ring (bicyclic) bond motifs is 5. The summed E-state index contributed by atoms with van der Waals surface area (Å²) in [5, 5.41) is 12.0. The number of pyridine rings is 2. The molecule has 4 heterocycles. The minimum Gasteiger partial charge on any atom is -0.458 e. The van der Waals surface area contributed by atoms with E-state index in [0.717, 1.165) is 34.0 Å². The highest BCUT2D eigenvalue weighted by Crippen LogP contribution is 2.39. The van der Waals surface area contributed by atoms with Crippen LogP contribution in [-0.4, -0.2) is 33.3 Å². The highest BCUT2D eigenvalue weighted by atomic mass is 16.6. The summed E-state index contributed by atoms with van der Waals surface area (Å²) in [5.41, 5.74) is 8.65. The lowest BCUT2D eigenvalue weighted by Gasteiger charge is -2.31. The van der Waals surface area contributed by atoms with Crippen molar-refractivity contribution < 1.29 is 24.2 Å². The summed E-state index contributed by atoms with van der Waals surface area (Å²) in [6.45, 7) is 3.74. The summed E-state index contributed by atoms with van der Waals surface area (Å²) in [6.07, 6.45) is 1.53. The first-order valence-corrected chi connectivity index (χ1v) is 11.8. The molecule has 0 unspecified atom stereocenters. The van der Waals surface area contributed by atoms with E-state index in [-0.39, 0.29) is 37.7 Å². The van der Waals surface area contributed by atoms with Gasteiger partial charge in [-0.3, -0.25) is 15.3 Å². The monoisotopic (exact) mass is 477 g/mol. The molecule has 1 aromatic carbocycles. The van der Waals surface area contributed by atoms with E-state index in [0.29, 0.717) is 35.5 Å². The number of carbonyl (C=O) groups is 2. The van der Waals surface area contributed by atoms with Crippen molar-refractivity contribution in [1.29, 1.82) is 0 Å². The largest absolute Gasteiger partial charge is 0.458 e. The first-order valence-electron chi connectivity index (χ1n) is 11.8. The fourth-order valence-electron chi connectivity index (χ4n) is 5.08. The zero-order valence-corrected chi connectivity index (χ0v) is 19.7. The van der Waals surface area contributed by atoms with Gasteiger partial charge in [-0.1, -0.05) is 26.0 Å². The number of rotatable bonds is 6. The third kappa shape index (κ3) is 3.54. The van der Waals surface area contributed by atoms with Crippen LogP contribution in [0.2, 0.25) is 0 Å². The third-order valence-electron chi connectivity index (χ3n) is 7.07. The Kier molecular flexibility index (Phi) is 5.69. The third-order valence-corrected chi connectivity index (χ3v) is 7.07. The molecule has 182 valence electrons. The Balaban J connectivity index is 1.66. The van der Waals surface area contributed by atoms with E-state index in [4.69, 9.17) is 20.2 Å². The molecule has 9 nitrogen and oxygen atoms in total. The number of hydrogen-bond acceptors (Lipinski definition) is 8. The van der Waals surface area contributed by atoms with Crippen LogP contribution in [0.15, 0.2) is 29.1 Å². The average Bonchev–Trinajstić information content (AvgIpc) is 3.22. The molecule has 9 heteroatoms. The van der Waals surface area contributed by atoms with Crippen molar-refractivity contribution in [2.75, 3.05) is 6.73 Å². The Hall–Kier alpha value is -3.56. The molecule has 0 bridgehead atoms. The molecule has 2 aliphatic rings. The molecule has 3 N–H and O–H groups in total. The highest BCUT2D eigenvalue weighted by molar-refractivity contribution is 5.90. The molecule has 3 aromatic rings. The SMILES string of the molecule is CCc1ccc(CCC(=O)OCN)c2cc3c(nc12)-c1cc2c(c(=O)n1C3)COC(=O)[C@]2(O)CC. The number of ether oxygens (including phenoxy) is 2. The predicted octanol–water partition coefficient (Wildman–Crippen LogP) is 2.03. The van der Waals surface area contributed by atoms with Crippen molar-refractivity contribution in [1.82, 2.24) is 9.55 Å². The van der Waals surface area contributed by atoms with Gasteiger partial charge in [0, 0.05) is 22.9 Å². The van der Waals surface area contributed by atoms with Gasteiger partial charge in [0.15, 0.2) is 5.60 Å². The summed E-state index contributed by atoms with van der Waals surface area (Å²) < 4.78 is 11.6. The molecule has 35 heavy (non-hydrogen) atoms. The predicted molar refractivity (Wildman–Crippen MR) is 127 cm³/mol. The molecule has 0 amide bonds. The number of nitrogens with zero attached hydrogens (tertiary/aromatic N) is 2. The lowest BCUT2D eigenvalue weighted by molar-refractivity contribution is -0.172. The minimum atomic E-state index is -1.86. The number of benzene rings is 1. The van der Waals surface area contributed by atoms with Crippen LogP contribution in [0.25, 0.3) is 22.3 Å². The van der Waals surface area contributed by atoms with E-state index in [9.17, 15) is 19.5 Å². The van der Waals surface area contributed by atoms with Gasteiger partial charge in [-0.25, -0.2) is 9.78 Å². The van der Waals surface area contributed by atoms with Crippen LogP contribution in [-0.2, 0) is 50.7 Å². The topological polar surface area (TPSA) is 134 Å². The maximum Gasteiger partial charge on any atom is 0.343 e. The molecule has 1 atom stereocenters. The Labute approximate surface area is 201 Å². The van der Waals surface area contributed by atoms with E-state index in [1.54, 1.807) is 17.6 Å². The van der Waals surface area contributed by atoms with Crippen LogP contribution in [0.3, 0.4) is 0 Å². The van der Waals surface area contributed by atoms with Gasteiger partial charge in [-0.2, -0.15) is 0 Å². The van der Waals surface area contributed by atoms with Crippen molar-refractivity contribution in [3.63, 3.8) is 0 Å². The van der Waals surface area contributed by atoms with Gasteiger partial charge < -0.3 is 19.1 Å². The van der Waals surface area contributed by atoms with Crippen LogP contribution in [0.1, 0.15) is 54.5 Å². The van der Waals surface area contributed by atoms with Crippen molar-refractivity contribution in [2.45, 2.75) is 58.3 Å². The Bertz CT molecular complexity index is 1440. The fraction of sp³-hybridized carbons (Fsp3) is 0.385. The molecule has 2 aromatic heterocycles. The van der Waals surface area contributed by atoms with Gasteiger partial charge in [0.1, 0.15) is 13.3 Å². The van der Waals surface area contributed by atoms with Gasteiger partial charge in [-0.15, -0.1) is 0 Å². The summed E-state index contributed by atoms with van der Waals surface area (Å²) in [4.78, 5) is 42.6. The number of nitrogens with two attached hydrogens (primary N) is 1. The zero-order valence-electron chi connectivity index (χ0n) is 19.7. The number of aliphatic hydroxyl groups is 1. The van der Waals surface area contributed by atoms with Gasteiger partial charge in [0.2, 0.25) is 0 Å². The lowest BCUT2D eigenvalue weighted by Crippen LogP contribution is -2.44. The molecule has 0 aliphatic carbocycles. The zero-order chi connectivity index (χ0) is 24.9.